The number of anilines is 1. The molecule has 16 heavy (non-hydrogen) atoms. The highest BCUT2D eigenvalue weighted by Gasteiger charge is 2.22. The van der Waals surface area contributed by atoms with Crippen LogP contribution in [0.4, 0.5) is 5.69 Å². The predicted octanol–water partition coefficient (Wildman–Crippen LogP) is 3.03. The van der Waals surface area contributed by atoms with Gasteiger partial charge in [0.15, 0.2) is 0 Å². The normalized spacial score (nSPS) is 20.8. The molecule has 2 nitrogen and oxygen atoms in total. The summed E-state index contributed by atoms with van der Waals surface area (Å²) in [6.07, 6.45) is 5.04. The van der Waals surface area contributed by atoms with Gasteiger partial charge in [0.05, 0.1) is 0 Å². The summed E-state index contributed by atoms with van der Waals surface area (Å²) in [5.41, 5.74) is 2.42. The van der Waals surface area contributed by atoms with Gasteiger partial charge in [0.2, 0.25) is 0 Å². The summed E-state index contributed by atoms with van der Waals surface area (Å²) in [6, 6.07) is 8.26. The van der Waals surface area contributed by atoms with Crippen molar-refractivity contribution >= 4 is 11.5 Å². The SMILES string of the molecule is CNc1ccccc1CC1CCCCC1=O. The van der Waals surface area contributed by atoms with Crippen LogP contribution in [0.3, 0.4) is 0 Å². The number of carbonyl (C=O) groups is 1. The minimum Gasteiger partial charge on any atom is -0.388 e. The molecule has 1 saturated carbocycles. The lowest BCUT2D eigenvalue weighted by Crippen LogP contribution is -2.21. The Balaban J connectivity index is 2.10. The Bertz CT molecular complexity index is 373. The van der Waals surface area contributed by atoms with Crippen molar-refractivity contribution in [2.75, 3.05) is 12.4 Å². The van der Waals surface area contributed by atoms with Gasteiger partial charge in [0, 0.05) is 25.1 Å². The first-order valence-corrected chi connectivity index (χ1v) is 6.09. The number of rotatable bonds is 3. The molecule has 2 rings (SSSR count). The Hall–Kier alpha value is -1.31. The molecule has 0 bridgehead atoms. The van der Waals surface area contributed by atoms with Gasteiger partial charge in [-0.05, 0) is 30.9 Å². The van der Waals surface area contributed by atoms with Gasteiger partial charge >= 0.3 is 0 Å². The first kappa shape index (κ1) is 11.2. The zero-order valence-electron chi connectivity index (χ0n) is 9.83. The van der Waals surface area contributed by atoms with Crippen LogP contribution >= 0.6 is 0 Å². The van der Waals surface area contributed by atoms with Crippen LogP contribution in [0, 0.1) is 5.92 Å². The van der Waals surface area contributed by atoms with Crippen LogP contribution in [0.15, 0.2) is 24.3 Å². The Morgan fingerprint density at radius 1 is 1.31 bits per heavy atom. The number of para-hydroxylation sites is 1. The van der Waals surface area contributed by atoms with E-state index in [4.69, 9.17) is 0 Å². The van der Waals surface area contributed by atoms with Gasteiger partial charge in [-0.1, -0.05) is 24.6 Å². The fraction of sp³-hybridized carbons (Fsp3) is 0.500. The van der Waals surface area contributed by atoms with Gasteiger partial charge in [-0.2, -0.15) is 0 Å². The molecule has 86 valence electrons. The molecule has 0 aromatic heterocycles. The molecule has 0 amide bonds. The third-order valence-electron chi connectivity index (χ3n) is 3.43. The maximum atomic E-state index is 11.8. The van der Waals surface area contributed by atoms with Crippen LogP contribution in [0.2, 0.25) is 0 Å². The Kier molecular flexibility index (Phi) is 3.60. The van der Waals surface area contributed by atoms with Gasteiger partial charge in [-0.3, -0.25) is 4.79 Å². The zero-order valence-corrected chi connectivity index (χ0v) is 9.83. The van der Waals surface area contributed by atoms with Crippen LogP contribution < -0.4 is 5.32 Å². The highest BCUT2D eigenvalue weighted by molar-refractivity contribution is 5.82. The van der Waals surface area contributed by atoms with Crippen LogP contribution in [0.5, 0.6) is 0 Å². The summed E-state index contributed by atoms with van der Waals surface area (Å²) in [4.78, 5) is 11.8. The largest absolute Gasteiger partial charge is 0.388 e. The molecule has 0 heterocycles. The highest BCUT2D eigenvalue weighted by atomic mass is 16.1. The molecule has 0 aliphatic heterocycles. The fourth-order valence-corrected chi connectivity index (χ4v) is 2.48. The Morgan fingerprint density at radius 3 is 2.88 bits per heavy atom. The summed E-state index contributed by atoms with van der Waals surface area (Å²) in [6.45, 7) is 0. The quantitative estimate of drug-likeness (QED) is 0.843. The third-order valence-corrected chi connectivity index (χ3v) is 3.43. The van der Waals surface area contributed by atoms with E-state index in [1.54, 1.807) is 0 Å². The second-order valence-electron chi connectivity index (χ2n) is 4.52. The van der Waals surface area contributed by atoms with E-state index in [9.17, 15) is 4.79 Å². The van der Waals surface area contributed by atoms with Gasteiger partial charge in [-0.15, -0.1) is 0 Å². The minimum atomic E-state index is 0.253. The maximum Gasteiger partial charge on any atom is 0.136 e. The zero-order chi connectivity index (χ0) is 11.4. The number of hydrogen-bond acceptors (Lipinski definition) is 2. The van der Waals surface area contributed by atoms with E-state index in [1.807, 2.05) is 19.2 Å². The first-order valence-electron chi connectivity index (χ1n) is 6.09. The number of carbonyl (C=O) groups excluding carboxylic acids is 1. The van der Waals surface area contributed by atoms with Gasteiger partial charge in [-0.25, -0.2) is 0 Å². The second kappa shape index (κ2) is 5.15. The topological polar surface area (TPSA) is 29.1 Å². The summed E-state index contributed by atoms with van der Waals surface area (Å²) < 4.78 is 0. The van der Waals surface area contributed by atoms with Crippen molar-refractivity contribution in [1.82, 2.24) is 0 Å². The number of Topliss-reactive ketones (excluding diaryl/α,β-unsaturated/α-hetero) is 1. The van der Waals surface area contributed by atoms with E-state index in [1.165, 1.54) is 12.0 Å². The van der Waals surface area contributed by atoms with E-state index in [-0.39, 0.29) is 5.92 Å². The maximum absolute atomic E-state index is 11.8. The summed E-state index contributed by atoms with van der Waals surface area (Å²) in [5, 5.41) is 3.19. The molecule has 1 aromatic rings. The third kappa shape index (κ3) is 2.43. The molecule has 1 N–H and O–H groups in total. The first-order chi connectivity index (χ1) is 7.81. The number of nitrogens with one attached hydrogen (secondary N) is 1. The molecular formula is C14H19NO. The van der Waals surface area contributed by atoms with Crippen LogP contribution in [-0.4, -0.2) is 12.8 Å². The van der Waals surface area contributed by atoms with Gasteiger partial charge < -0.3 is 5.32 Å². The highest BCUT2D eigenvalue weighted by Crippen LogP contribution is 2.26. The molecule has 2 heteroatoms. The van der Waals surface area contributed by atoms with E-state index < -0.39 is 0 Å². The smallest absolute Gasteiger partial charge is 0.136 e. The van der Waals surface area contributed by atoms with Crippen LogP contribution in [0.25, 0.3) is 0 Å². The van der Waals surface area contributed by atoms with Gasteiger partial charge in [0.25, 0.3) is 0 Å². The lowest BCUT2D eigenvalue weighted by atomic mass is 9.83. The summed E-state index contributed by atoms with van der Waals surface area (Å²) in [5.74, 6) is 0.709. The molecule has 1 aliphatic carbocycles. The molecule has 1 aliphatic rings. The number of benzene rings is 1. The average molecular weight is 217 g/mol. The molecule has 1 unspecified atom stereocenters. The number of ketones is 1. The molecule has 0 spiro atoms. The van der Waals surface area contributed by atoms with Gasteiger partial charge in [0.1, 0.15) is 5.78 Å². The molecule has 0 radical (unpaired) electrons. The van der Waals surface area contributed by atoms with E-state index in [0.29, 0.717) is 5.78 Å². The monoisotopic (exact) mass is 217 g/mol. The summed E-state index contributed by atoms with van der Waals surface area (Å²) in [7, 11) is 1.93. The van der Waals surface area contributed by atoms with Crippen molar-refractivity contribution in [2.24, 2.45) is 5.92 Å². The molecule has 0 saturated heterocycles. The van der Waals surface area contributed by atoms with Crippen molar-refractivity contribution in [3.05, 3.63) is 29.8 Å². The lowest BCUT2D eigenvalue weighted by molar-refractivity contribution is -0.124. The van der Waals surface area contributed by atoms with Crippen molar-refractivity contribution in [3.63, 3.8) is 0 Å². The molecule has 1 atom stereocenters. The van der Waals surface area contributed by atoms with E-state index in [2.05, 4.69) is 17.4 Å². The average Bonchev–Trinajstić information content (AvgIpc) is 2.33. The van der Waals surface area contributed by atoms with Crippen molar-refractivity contribution < 1.29 is 4.79 Å². The molecule has 1 aromatic carbocycles. The standard InChI is InChI=1S/C14H19NO/c1-15-13-8-4-2-6-11(13)10-12-7-3-5-9-14(12)16/h2,4,6,8,12,15H,3,5,7,9-10H2,1H3. The van der Waals surface area contributed by atoms with Crippen molar-refractivity contribution in [1.29, 1.82) is 0 Å². The van der Waals surface area contributed by atoms with Crippen LogP contribution in [0.1, 0.15) is 31.2 Å². The van der Waals surface area contributed by atoms with Crippen molar-refractivity contribution in [3.8, 4) is 0 Å². The van der Waals surface area contributed by atoms with Crippen molar-refractivity contribution in [2.45, 2.75) is 32.1 Å². The molecular weight excluding hydrogens is 198 g/mol. The Morgan fingerprint density at radius 2 is 2.12 bits per heavy atom. The second-order valence-corrected chi connectivity index (χ2v) is 4.52. The summed E-state index contributed by atoms with van der Waals surface area (Å²) >= 11 is 0. The number of hydrogen-bond donors (Lipinski definition) is 1. The predicted molar refractivity (Wildman–Crippen MR) is 66.7 cm³/mol. The molecule has 1 fully saturated rings. The van der Waals surface area contributed by atoms with Crippen LogP contribution in [-0.2, 0) is 11.2 Å². The lowest BCUT2D eigenvalue weighted by Gasteiger charge is -2.21. The van der Waals surface area contributed by atoms with E-state index in [0.717, 1.165) is 31.4 Å². The minimum absolute atomic E-state index is 0.253. The van der Waals surface area contributed by atoms with E-state index >= 15 is 0 Å². The fourth-order valence-electron chi connectivity index (χ4n) is 2.48. The Labute approximate surface area is 97.1 Å².